The molecule has 0 bridgehead atoms. The third kappa shape index (κ3) is 35.0. The van der Waals surface area contributed by atoms with Crippen molar-refractivity contribution in [2.24, 2.45) is 5.73 Å². The number of rotatable bonds is 19. The summed E-state index contributed by atoms with van der Waals surface area (Å²) in [6.07, 6.45) is 11.3. The second-order valence-corrected chi connectivity index (χ2v) is 38.3. The zero-order valence-electron chi connectivity index (χ0n) is 81.0. The maximum atomic E-state index is 12.7. The van der Waals surface area contributed by atoms with Crippen LogP contribution in [0.25, 0.3) is 89.4 Å². The van der Waals surface area contributed by atoms with Crippen LogP contribution in [0.3, 0.4) is 0 Å². The van der Waals surface area contributed by atoms with Crippen molar-refractivity contribution in [2.45, 2.75) is 78.9 Å². The van der Waals surface area contributed by atoms with Crippen molar-refractivity contribution in [3.63, 3.8) is 0 Å². The molecule has 31 nitrogen and oxygen atoms in total. The third-order valence-electron chi connectivity index (χ3n) is 22.0. The molecule has 147 heavy (non-hydrogen) atoms. The molecule has 4 aliphatic rings. The summed E-state index contributed by atoms with van der Waals surface area (Å²) >= 11 is 38.3. The van der Waals surface area contributed by atoms with Crippen LogP contribution in [0.1, 0.15) is 117 Å². The molecule has 0 radical (unpaired) electrons. The van der Waals surface area contributed by atoms with E-state index in [9.17, 15) is 38.4 Å². The molecular weight excluding hydrogens is 2100 g/mol. The number of hydrogen-bond acceptors (Lipinski definition) is 23. The number of hydrogen-bond donors (Lipinski definition) is 7. The van der Waals surface area contributed by atoms with Crippen molar-refractivity contribution < 1.29 is 99.6 Å². The number of aliphatic carboxylic acids is 1. The molecule has 10 heterocycles. The Morgan fingerprint density at radius 1 is 0.415 bits per heavy atom. The Morgan fingerprint density at radius 3 is 1.01 bits per heavy atom. The lowest BCUT2D eigenvalue weighted by Crippen LogP contribution is -2.40. The van der Waals surface area contributed by atoms with Gasteiger partial charge in [-0.25, -0.2) is 14.4 Å². The first-order chi connectivity index (χ1) is 70.0. The zero-order valence-corrected chi connectivity index (χ0v) is 88.0. The number of carbonyl (C=O) groups excluding carboxylic acids is 7. The van der Waals surface area contributed by atoms with E-state index >= 15 is 0 Å². The maximum Gasteiger partial charge on any atom is 0.488 e. The second kappa shape index (κ2) is 55.9. The number of fused-ring (bicyclic) bond motifs is 4. The number of aromatic nitrogens is 2. The number of nitrogens with two attached hydrogens (primary N) is 1. The number of alkyl halides is 2. The highest BCUT2D eigenvalue weighted by molar-refractivity contribution is 9.10. The van der Waals surface area contributed by atoms with Gasteiger partial charge in [-0.15, -0.1) is 35.6 Å². The van der Waals surface area contributed by atoms with Crippen LogP contribution in [0.15, 0.2) is 253 Å². The molecule has 0 saturated carbocycles. The number of benzene rings is 8. The predicted octanol–water partition coefficient (Wildman–Crippen LogP) is 20.6. The van der Waals surface area contributed by atoms with Gasteiger partial charge in [0.25, 0.3) is 23.6 Å². The largest absolute Gasteiger partial charge is 0.488 e. The maximum absolute atomic E-state index is 12.7. The van der Waals surface area contributed by atoms with Crippen molar-refractivity contribution in [3.05, 3.63) is 312 Å². The quantitative estimate of drug-likeness (QED) is 0.0225. The van der Waals surface area contributed by atoms with E-state index in [2.05, 4.69) is 41.8 Å². The lowest BCUT2D eigenvalue weighted by Gasteiger charge is -2.26. The summed E-state index contributed by atoms with van der Waals surface area (Å²) in [6.45, 7) is 21.4. The summed E-state index contributed by atoms with van der Waals surface area (Å²) in [4.78, 5) is 111. The van der Waals surface area contributed by atoms with E-state index < -0.39 is 36.5 Å². The highest BCUT2D eigenvalue weighted by Gasteiger charge is 2.27. The van der Waals surface area contributed by atoms with Crippen molar-refractivity contribution in [1.82, 2.24) is 45.5 Å². The number of nitrogens with zero attached hydrogens (tertiary/aromatic N) is 6. The Kier molecular flexibility index (Phi) is 43.6. The lowest BCUT2D eigenvalue weighted by molar-refractivity contribution is -0.131. The van der Waals surface area contributed by atoms with Crippen LogP contribution in [0.5, 0.6) is 0 Å². The van der Waals surface area contributed by atoms with Crippen molar-refractivity contribution in [1.29, 1.82) is 0 Å². The summed E-state index contributed by atoms with van der Waals surface area (Å²) < 4.78 is 55.3. The molecule has 4 fully saturated rings. The molecule has 4 saturated heterocycles. The number of carboxylic acids is 1. The van der Waals surface area contributed by atoms with Gasteiger partial charge in [0.05, 0.1) is 104 Å². The number of amides is 7. The number of halogens is 8. The minimum Gasteiger partial charge on any atom is -0.478 e. The van der Waals surface area contributed by atoms with E-state index in [1.54, 1.807) is 104 Å². The second-order valence-electron chi connectivity index (χ2n) is 34.9. The van der Waals surface area contributed by atoms with Crippen molar-refractivity contribution in [2.75, 3.05) is 111 Å². The number of alkyl carbamates (subject to hydrolysis) is 2. The molecular formula is C107H109BBrCl7N10O21. The topological polar surface area (TPSA) is 406 Å². The highest BCUT2D eigenvalue weighted by Crippen LogP contribution is 2.38. The Hall–Kier alpha value is -12.6. The highest BCUT2D eigenvalue weighted by atomic mass is 79.9. The number of nitrogens with one attached hydrogen (secondary N) is 3. The van der Waals surface area contributed by atoms with Gasteiger partial charge in [-0.05, 0) is 237 Å². The van der Waals surface area contributed by atoms with E-state index in [0.717, 1.165) is 76.6 Å². The molecule has 7 amide bonds. The standard InChI is InChI=1S/C28H24ClN3O4.C25H27ClN2O5.C20H19ClN2O3.C14H15BrClNO3.C11H14BNO4.C8H7NO2.CH2Cl2.ClH/c29-25-16-22(20-4-6-21(7-5-20)28(34)32-10-12-35-13-11-32)14-23-15-24(36-27(23)25)18-31-26(33)8-3-19-2-1-9-30-17-19;1-25(2,3)33-24(30)27-15-20-13-19-12-18(14-21(26)22(19)32-20)16-4-6-17(7-5-16)23(29)28-8-10-31-11-9-28;21-18-11-15(9-16-10-17(12-22)26-19(16)18)13-1-3-14(4-2-13)20(24)23-5-7-25-8-6-23;1-14(2,3)20-13(18)17-7-10-5-8-4-9(15)6-11(16)12(8)19-10;14-11(13-5-7-17-8-6-13)9-1-3-10(4-2-9)12(15)16;10-8(11)4-3-7-2-1-5-9-6-7;2-1-3;/h1-9,14-17H,10-13,18H2,(H,31,33);4-7,12-14H,8-11,15H2,1-3H3,(H,27,30);1-4,9-11H,5-8,12,22H2;4-6H,7H2,1-3H3,(H,17,18);1-4,15-16H,5-8H2;1-6H,(H,10,11);1H2;1H/b8-3+;;;;;4-3+;;. The van der Waals surface area contributed by atoms with Crippen LogP contribution in [0.2, 0.25) is 20.1 Å². The Labute approximate surface area is 893 Å². The fourth-order valence-corrected chi connectivity index (χ4v) is 16.6. The molecule has 6 aromatic heterocycles. The minimum atomic E-state index is -1.50. The van der Waals surface area contributed by atoms with Crippen molar-refractivity contribution >= 4 is 214 Å². The molecule has 18 rings (SSSR count). The van der Waals surface area contributed by atoms with Gasteiger partial charge >= 0.3 is 25.3 Å². The van der Waals surface area contributed by atoms with Gasteiger partial charge in [0.2, 0.25) is 5.91 Å². The number of morpholine rings is 4. The zero-order chi connectivity index (χ0) is 105. The smallest absolute Gasteiger partial charge is 0.478 e. The summed E-state index contributed by atoms with van der Waals surface area (Å²) in [6, 6.07) is 58.7. The van der Waals surface area contributed by atoms with Crippen LogP contribution in [-0.2, 0) is 64.2 Å². The number of carboxylic acid groups (broad SMARTS) is 1. The number of pyridine rings is 2. The average molecular weight is 2210 g/mol. The molecule has 14 aromatic rings. The Morgan fingerprint density at radius 2 is 0.707 bits per heavy atom. The SMILES string of the molecule is CC(C)(C)OC(=O)NCc1cc2cc(-c3ccc(C(=O)N4CCOCC4)cc3)cc(Cl)c2o1.CC(C)(C)OC(=O)NCc1cc2cc(Br)cc(Cl)c2o1.Cl.ClCCl.NCc1cc2cc(-c3ccc(C(=O)N4CCOCC4)cc3)cc(Cl)c2o1.O=C(/C=C/c1cccnc1)NCc1cc2cc(-c3ccc(C(=O)N4CCOCC4)cc3)cc(Cl)c2o1.O=C(O)/C=C/c1cccnc1.O=C(c1ccc(B(O)O)cc1)N1CCOCC1. The van der Waals surface area contributed by atoms with Crippen molar-refractivity contribution in [3.8, 4) is 33.4 Å². The lowest BCUT2D eigenvalue weighted by atomic mass is 9.80. The molecule has 0 spiro atoms. The van der Waals surface area contributed by atoms with Gasteiger partial charge in [0.15, 0.2) is 22.3 Å². The molecule has 772 valence electrons. The van der Waals surface area contributed by atoms with E-state index in [1.807, 2.05) is 182 Å². The minimum absolute atomic E-state index is 0. The molecule has 40 heteroatoms. The van der Waals surface area contributed by atoms with Crippen LogP contribution in [0.4, 0.5) is 9.59 Å². The molecule has 8 N–H and O–H groups in total. The number of carbonyl (C=O) groups is 8. The van der Waals surface area contributed by atoms with E-state index in [-0.39, 0.29) is 66.9 Å². The van der Waals surface area contributed by atoms with E-state index in [1.165, 1.54) is 12.2 Å². The fraction of sp³-hybridized carbons (Fsp3) is 0.271. The summed E-state index contributed by atoms with van der Waals surface area (Å²) in [5.74, 6) is 1.30. The summed E-state index contributed by atoms with van der Waals surface area (Å²) in [7, 11) is -1.50. The van der Waals surface area contributed by atoms with Gasteiger partial charge in [-0.1, -0.05) is 123 Å². The van der Waals surface area contributed by atoms with Gasteiger partial charge < -0.3 is 103 Å². The monoisotopic (exact) mass is 2200 g/mol. The van der Waals surface area contributed by atoms with Gasteiger partial charge in [-0.2, -0.15) is 0 Å². The molecule has 8 aromatic carbocycles. The van der Waals surface area contributed by atoms with Gasteiger partial charge in [0, 0.05) is 138 Å². The normalized spacial score (nSPS) is 13.5. The fourth-order valence-electron chi connectivity index (χ4n) is 15.0. The van der Waals surface area contributed by atoms with E-state index in [4.69, 9.17) is 137 Å². The average Bonchev–Trinajstić information content (AvgIpc) is 1.66. The molecule has 0 aliphatic carbocycles. The van der Waals surface area contributed by atoms with Crippen LogP contribution in [-0.4, -0.2) is 221 Å². The summed E-state index contributed by atoms with van der Waals surface area (Å²) in [5, 5.41) is 40.0. The predicted molar refractivity (Wildman–Crippen MR) is 576 cm³/mol. The Balaban J connectivity index is 0.000000172. The first-order valence-corrected chi connectivity index (χ1v) is 49.6. The van der Waals surface area contributed by atoms with Gasteiger partial charge in [0.1, 0.15) is 34.2 Å². The molecule has 0 unspecified atom stereocenters. The Bertz CT molecular complexity index is 6850. The van der Waals surface area contributed by atoms with Crippen LogP contribution in [0, 0.1) is 0 Å². The first-order valence-electron chi connectivity index (χ1n) is 46.3. The molecule has 0 atom stereocenters. The number of ether oxygens (including phenoxy) is 6. The first kappa shape index (κ1) is 115. The molecule has 4 aliphatic heterocycles. The van der Waals surface area contributed by atoms with Crippen LogP contribution < -0.4 is 27.1 Å². The van der Waals surface area contributed by atoms with Gasteiger partial charge in [-0.3, -0.25) is 33.9 Å². The van der Waals surface area contributed by atoms with Crippen LogP contribution >= 0.6 is 97.9 Å². The summed E-state index contributed by atoms with van der Waals surface area (Å²) in [5.41, 5.74) is 17.1. The van der Waals surface area contributed by atoms with E-state index in [0.29, 0.717) is 205 Å². The third-order valence-corrected chi connectivity index (χ3v) is 23.5. The number of furan rings is 4.